The van der Waals surface area contributed by atoms with Crippen molar-refractivity contribution in [1.29, 1.82) is 0 Å². The van der Waals surface area contributed by atoms with E-state index in [0.29, 0.717) is 24.5 Å². The third kappa shape index (κ3) is 4.92. The van der Waals surface area contributed by atoms with Gasteiger partial charge in [-0.15, -0.1) is 0 Å². The van der Waals surface area contributed by atoms with E-state index in [-0.39, 0.29) is 24.4 Å². The number of hydrogen-bond donors (Lipinski definition) is 3. The Kier molecular flexibility index (Phi) is 7.52. The number of aliphatic hydroxyl groups is 2. The van der Waals surface area contributed by atoms with Gasteiger partial charge in [0, 0.05) is 10.8 Å². The van der Waals surface area contributed by atoms with Crippen LogP contribution in [0.2, 0.25) is 5.02 Å². The fourth-order valence-corrected chi connectivity index (χ4v) is 4.47. The van der Waals surface area contributed by atoms with E-state index in [1.807, 2.05) is 50.2 Å². The van der Waals surface area contributed by atoms with Crippen LogP contribution in [-0.4, -0.2) is 40.9 Å². The number of rotatable bonds is 7. The molecular formula is C23H29ClO4S. The van der Waals surface area contributed by atoms with E-state index in [1.165, 1.54) is 0 Å². The minimum absolute atomic E-state index is 0.0155. The van der Waals surface area contributed by atoms with E-state index >= 15 is 0 Å². The largest absolute Gasteiger partial charge is 0.494 e. The van der Waals surface area contributed by atoms with Crippen molar-refractivity contribution in [3.63, 3.8) is 0 Å². The number of hydrogen-bond acceptors (Lipinski definition) is 5. The lowest BCUT2D eigenvalue weighted by molar-refractivity contribution is -0.214. The summed E-state index contributed by atoms with van der Waals surface area (Å²) in [6, 6.07) is 13.9. The molecule has 1 fully saturated rings. The first-order chi connectivity index (χ1) is 13.9. The van der Waals surface area contributed by atoms with Crippen molar-refractivity contribution in [2.24, 2.45) is 5.92 Å². The molecule has 1 aliphatic rings. The molecule has 3 rings (SSSR count). The molecule has 2 aromatic rings. The van der Waals surface area contributed by atoms with Crippen LogP contribution in [0, 0.1) is 5.92 Å². The fourth-order valence-electron chi connectivity index (χ4n) is 3.92. The van der Waals surface area contributed by atoms with Crippen LogP contribution in [0.1, 0.15) is 43.1 Å². The smallest absolute Gasteiger partial charge is 0.127 e. The van der Waals surface area contributed by atoms with Gasteiger partial charge in [0.1, 0.15) is 11.4 Å². The normalized spacial score (nSPS) is 27.0. The highest BCUT2D eigenvalue weighted by Crippen LogP contribution is 2.41. The number of aliphatic hydroxyl groups excluding tert-OH is 2. The van der Waals surface area contributed by atoms with Crippen LogP contribution in [0.5, 0.6) is 5.75 Å². The zero-order valence-corrected chi connectivity index (χ0v) is 18.5. The molecule has 4 atom stereocenters. The van der Waals surface area contributed by atoms with Crippen molar-refractivity contribution in [1.82, 2.24) is 0 Å². The third-order valence-corrected chi connectivity index (χ3v) is 6.55. The topological polar surface area (TPSA) is 58.9 Å². The second kappa shape index (κ2) is 9.71. The average Bonchev–Trinajstić information content (AvgIpc) is 2.73. The minimum atomic E-state index is -1.06. The van der Waals surface area contributed by atoms with E-state index in [2.05, 4.69) is 18.7 Å². The molecule has 2 unspecified atom stereocenters. The Morgan fingerprint density at radius 3 is 2.59 bits per heavy atom. The molecule has 4 nitrogen and oxygen atoms in total. The quantitative estimate of drug-likeness (QED) is 0.561. The molecule has 1 saturated heterocycles. The Balaban J connectivity index is 1.83. The van der Waals surface area contributed by atoms with Crippen LogP contribution in [0.15, 0.2) is 42.5 Å². The summed E-state index contributed by atoms with van der Waals surface area (Å²) in [7, 11) is 0. The van der Waals surface area contributed by atoms with Crippen molar-refractivity contribution in [2.45, 2.75) is 44.5 Å². The predicted molar refractivity (Wildman–Crippen MR) is 119 cm³/mol. The molecule has 0 radical (unpaired) electrons. The molecular weight excluding hydrogens is 408 g/mol. The Morgan fingerprint density at radius 1 is 1.24 bits per heavy atom. The van der Waals surface area contributed by atoms with Gasteiger partial charge in [0.2, 0.25) is 0 Å². The van der Waals surface area contributed by atoms with Crippen LogP contribution in [0.4, 0.5) is 0 Å². The summed E-state index contributed by atoms with van der Waals surface area (Å²) in [5, 5.41) is 21.1. The molecule has 29 heavy (non-hydrogen) atoms. The van der Waals surface area contributed by atoms with Crippen LogP contribution >= 0.6 is 24.2 Å². The first-order valence-electron chi connectivity index (χ1n) is 10.00. The van der Waals surface area contributed by atoms with Crippen molar-refractivity contribution >= 4 is 24.2 Å². The fraction of sp³-hybridized carbons (Fsp3) is 0.478. The van der Waals surface area contributed by atoms with Crippen LogP contribution in [0.25, 0.3) is 0 Å². The van der Waals surface area contributed by atoms with Crippen molar-refractivity contribution in [3.8, 4) is 5.75 Å². The average molecular weight is 437 g/mol. The molecule has 0 aliphatic carbocycles. The Bertz CT molecular complexity index is 807. The highest BCUT2D eigenvalue weighted by atomic mass is 35.5. The second-order valence-corrected chi connectivity index (χ2v) is 8.47. The monoisotopic (exact) mass is 436 g/mol. The van der Waals surface area contributed by atoms with Gasteiger partial charge in [-0.3, -0.25) is 0 Å². The standard InChI is InChI=1S/C23H29ClO4S/c1-3-27-19-7-4-16(5-8-19)11-18-12-17(6-9-20(18)24)21-10-15(2)22(26)23(13-25,14-29)28-21/h4-9,12,15,21-22,25-26,29H,3,10-11,13-14H2,1-2H3/t15?,21?,22-,23-/m0/s1. The third-order valence-electron chi connectivity index (χ3n) is 5.65. The molecule has 1 aliphatic heterocycles. The summed E-state index contributed by atoms with van der Waals surface area (Å²) >= 11 is 10.8. The highest BCUT2D eigenvalue weighted by molar-refractivity contribution is 7.80. The van der Waals surface area contributed by atoms with Crippen molar-refractivity contribution in [2.75, 3.05) is 19.0 Å². The SMILES string of the molecule is CCOc1ccc(Cc2cc(C3CC(C)[C@H](O)[C@](CO)(CS)O3)ccc2Cl)cc1. The number of halogens is 1. The van der Waals surface area contributed by atoms with Gasteiger partial charge in [-0.1, -0.05) is 42.8 Å². The molecule has 6 heteroatoms. The number of thiol groups is 1. The lowest BCUT2D eigenvalue weighted by Gasteiger charge is -2.46. The van der Waals surface area contributed by atoms with Crippen LogP contribution in [0.3, 0.4) is 0 Å². The molecule has 158 valence electrons. The summed E-state index contributed by atoms with van der Waals surface area (Å²) in [5.74, 6) is 1.09. The van der Waals surface area contributed by atoms with Crippen LogP contribution in [-0.2, 0) is 11.2 Å². The molecule has 1 heterocycles. The molecule has 2 aromatic carbocycles. The first kappa shape index (κ1) is 22.4. The molecule has 0 spiro atoms. The number of ether oxygens (including phenoxy) is 2. The summed E-state index contributed by atoms with van der Waals surface area (Å²) in [6.45, 7) is 4.31. The lowest BCUT2D eigenvalue weighted by atomic mass is 9.81. The summed E-state index contributed by atoms with van der Waals surface area (Å²) < 4.78 is 11.7. The van der Waals surface area contributed by atoms with Crippen molar-refractivity contribution in [3.05, 3.63) is 64.2 Å². The van der Waals surface area contributed by atoms with Gasteiger partial charge in [-0.2, -0.15) is 12.6 Å². The Hall–Kier alpha value is -1.24. The highest BCUT2D eigenvalue weighted by Gasteiger charge is 2.47. The molecule has 0 aromatic heterocycles. The molecule has 0 amide bonds. The Morgan fingerprint density at radius 2 is 1.97 bits per heavy atom. The van der Waals surface area contributed by atoms with Gasteiger partial charge >= 0.3 is 0 Å². The summed E-state index contributed by atoms with van der Waals surface area (Å²) in [5.41, 5.74) is 2.09. The van der Waals surface area contributed by atoms with E-state index in [1.54, 1.807) is 0 Å². The first-order valence-corrected chi connectivity index (χ1v) is 11.0. The van der Waals surface area contributed by atoms with Crippen LogP contribution < -0.4 is 4.74 Å². The van der Waals surface area contributed by atoms with Gasteiger partial charge in [0.05, 0.1) is 25.4 Å². The second-order valence-electron chi connectivity index (χ2n) is 7.75. The maximum Gasteiger partial charge on any atom is 0.127 e. The predicted octanol–water partition coefficient (Wildman–Crippen LogP) is 4.45. The van der Waals surface area contributed by atoms with E-state index in [9.17, 15) is 10.2 Å². The maximum absolute atomic E-state index is 10.5. The number of benzene rings is 2. The van der Waals surface area contributed by atoms with E-state index in [4.69, 9.17) is 21.1 Å². The molecule has 0 bridgehead atoms. The van der Waals surface area contributed by atoms with E-state index < -0.39 is 11.7 Å². The molecule has 0 saturated carbocycles. The van der Waals surface area contributed by atoms with Gasteiger partial charge in [0.25, 0.3) is 0 Å². The zero-order chi connectivity index (χ0) is 21.0. The van der Waals surface area contributed by atoms with Gasteiger partial charge in [-0.05, 0) is 60.6 Å². The zero-order valence-electron chi connectivity index (χ0n) is 16.8. The maximum atomic E-state index is 10.5. The minimum Gasteiger partial charge on any atom is -0.494 e. The van der Waals surface area contributed by atoms with Crippen molar-refractivity contribution < 1.29 is 19.7 Å². The Labute approximate surface area is 183 Å². The van der Waals surface area contributed by atoms with Gasteiger partial charge in [0.15, 0.2) is 0 Å². The summed E-state index contributed by atoms with van der Waals surface area (Å²) in [6.07, 6.45) is 0.378. The lowest BCUT2D eigenvalue weighted by Crippen LogP contribution is -2.56. The van der Waals surface area contributed by atoms with E-state index in [0.717, 1.165) is 22.4 Å². The summed E-state index contributed by atoms with van der Waals surface area (Å²) in [4.78, 5) is 0. The van der Waals surface area contributed by atoms with Gasteiger partial charge < -0.3 is 19.7 Å². The van der Waals surface area contributed by atoms with Gasteiger partial charge in [-0.25, -0.2) is 0 Å². The molecule has 2 N–H and O–H groups in total.